The summed E-state index contributed by atoms with van der Waals surface area (Å²) in [6, 6.07) is 18.0. The lowest BCUT2D eigenvalue weighted by molar-refractivity contribution is 0.490. The molecule has 112 valence electrons. The van der Waals surface area contributed by atoms with Gasteiger partial charge in [-0.25, -0.2) is 0 Å². The van der Waals surface area contributed by atoms with E-state index in [0.717, 1.165) is 19.4 Å². The van der Waals surface area contributed by atoms with Gasteiger partial charge in [-0.1, -0.05) is 55.5 Å². The molecule has 0 aliphatic rings. The molecule has 1 N–H and O–H groups in total. The fourth-order valence-corrected chi connectivity index (χ4v) is 2.89. The molecule has 2 rings (SSSR count). The first-order valence-electron chi connectivity index (χ1n) is 8.03. The van der Waals surface area contributed by atoms with E-state index in [4.69, 9.17) is 0 Å². The van der Waals surface area contributed by atoms with Gasteiger partial charge in [0.1, 0.15) is 0 Å². The fraction of sp³-hybridized carbons (Fsp3) is 0.400. The zero-order valence-corrected chi connectivity index (χ0v) is 13.5. The molecule has 0 fully saturated rings. The first-order chi connectivity index (χ1) is 10.2. The Bertz CT molecular complexity index is 559. The Morgan fingerprint density at radius 3 is 2.00 bits per heavy atom. The molecule has 0 bridgehead atoms. The van der Waals surface area contributed by atoms with E-state index < -0.39 is 0 Å². The van der Waals surface area contributed by atoms with Gasteiger partial charge in [0, 0.05) is 6.04 Å². The van der Waals surface area contributed by atoms with Crippen LogP contribution in [0.15, 0.2) is 48.5 Å². The lowest BCUT2D eigenvalue weighted by Gasteiger charge is -2.19. The number of nitrogens with one attached hydrogen (secondary N) is 1. The number of hydrogen-bond acceptors (Lipinski definition) is 1. The quantitative estimate of drug-likeness (QED) is 0.790. The van der Waals surface area contributed by atoms with E-state index in [1.807, 2.05) is 0 Å². The highest BCUT2D eigenvalue weighted by atomic mass is 14.9. The van der Waals surface area contributed by atoms with E-state index in [0.29, 0.717) is 6.04 Å². The summed E-state index contributed by atoms with van der Waals surface area (Å²) in [4.78, 5) is 0. The summed E-state index contributed by atoms with van der Waals surface area (Å²) in [5.41, 5.74) is 5.75. The zero-order valence-electron chi connectivity index (χ0n) is 13.5. The van der Waals surface area contributed by atoms with Crippen molar-refractivity contribution in [3.8, 4) is 0 Å². The Labute approximate surface area is 129 Å². The van der Waals surface area contributed by atoms with Crippen molar-refractivity contribution in [2.45, 2.75) is 46.1 Å². The molecule has 0 saturated carbocycles. The average molecular weight is 281 g/mol. The minimum atomic E-state index is 0.552. The van der Waals surface area contributed by atoms with Gasteiger partial charge in [-0.2, -0.15) is 0 Å². The number of aryl methyl sites for hydroxylation is 3. The summed E-state index contributed by atoms with van der Waals surface area (Å²) in [5, 5.41) is 3.65. The summed E-state index contributed by atoms with van der Waals surface area (Å²) >= 11 is 0. The van der Waals surface area contributed by atoms with Crippen LogP contribution in [-0.2, 0) is 12.8 Å². The van der Waals surface area contributed by atoms with Gasteiger partial charge >= 0.3 is 0 Å². The predicted molar refractivity (Wildman–Crippen MR) is 91.8 cm³/mol. The van der Waals surface area contributed by atoms with E-state index >= 15 is 0 Å². The Morgan fingerprint density at radius 2 is 1.43 bits per heavy atom. The Hall–Kier alpha value is -1.60. The van der Waals surface area contributed by atoms with Crippen molar-refractivity contribution in [2.75, 3.05) is 6.54 Å². The first-order valence-corrected chi connectivity index (χ1v) is 8.03. The molecule has 1 unspecified atom stereocenters. The van der Waals surface area contributed by atoms with Gasteiger partial charge in [0.05, 0.1) is 0 Å². The zero-order chi connectivity index (χ0) is 15.1. The fourth-order valence-electron chi connectivity index (χ4n) is 2.89. The third-order valence-electron chi connectivity index (χ3n) is 4.24. The molecule has 21 heavy (non-hydrogen) atoms. The summed E-state index contributed by atoms with van der Waals surface area (Å²) < 4.78 is 0. The lowest BCUT2D eigenvalue weighted by Crippen LogP contribution is -2.31. The van der Waals surface area contributed by atoms with E-state index in [9.17, 15) is 0 Å². The average Bonchev–Trinajstić information content (AvgIpc) is 2.48. The largest absolute Gasteiger partial charge is 0.314 e. The molecule has 2 aromatic rings. The lowest BCUT2D eigenvalue weighted by atomic mass is 9.95. The third kappa shape index (κ3) is 4.71. The van der Waals surface area contributed by atoms with Crippen LogP contribution in [0, 0.1) is 13.8 Å². The van der Waals surface area contributed by atoms with Crippen LogP contribution in [0.25, 0.3) is 0 Å². The van der Waals surface area contributed by atoms with Crippen LogP contribution in [-0.4, -0.2) is 12.6 Å². The summed E-state index contributed by atoms with van der Waals surface area (Å²) in [6.07, 6.45) is 3.45. The van der Waals surface area contributed by atoms with Crippen molar-refractivity contribution in [1.82, 2.24) is 5.32 Å². The smallest absolute Gasteiger partial charge is 0.0111 e. The molecular weight excluding hydrogens is 254 g/mol. The van der Waals surface area contributed by atoms with Crippen molar-refractivity contribution in [3.05, 3.63) is 70.8 Å². The van der Waals surface area contributed by atoms with Gasteiger partial charge in [0.2, 0.25) is 0 Å². The molecule has 1 heteroatoms. The van der Waals surface area contributed by atoms with Crippen molar-refractivity contribution < 1.29 is 0 Å². The molecule has 0 heterocycles. The van der Waals surface area contributed by atoms with Crippen LogP contribution >= 0.6 is 0 Å². The van der Waals surface area contributed by atoms with E-state index in [2.05, 4.69) is 74.6 Å². The van der Waals surface area contributed by atoms with Gasteiger partial charge in [-0.3, -0.25) is 0 Å². The highest BCUT2D eigenvalue weighted by molar-refractivity contribution is 5.27. The standard InChI is InChI=1S/C20H27N/c1-4-21-20(15-19-12-8-6-10-17(19)3)14-13-18-11-7-5-9-16(18)2/h5-12,20-21H,4,13-15H2,1-3H3. The van der Waals surface area contributed by atoms with E-state index in [1.165, 1.54) is 28.7 Å². The van der Waals surface area contributed by atoms with Gasteiger partial charge in [0.15, 0.2) is 0 Å². The molecule has 1 nitrogen and oxygen atoms in total. The van der Waals surface area contributed by atoms with Crippen molar-refractivity contribution in [3.63, 3.8) is 0 Å². The molecule has 2 aromatic carbocycles. The maximum absolute atomic E-state index is 3.65. The second kappa shape index (κ2) is 7.99. The molecular formula is C20H27N. The summed E-state index contributed by atoms with van der Waals surface area (Å²) in [5.74, 6) is 0. The molecule has 0 spiro atoms. The normalized spacial score (nSPS) is 12.3. The van der Waals surface area contributed by atoms with Crippen LogP contribution in [0.5, 0.6) is 0 Å². The maximum Gasteiger partial charge on any atom is 0.0111 e. The van der Waals surface area contributed by atoms with Crippen molar-refractivity contribution in [2.24, 2.45) is 0 Å². The van der Waals surface area contributed by atoms with Gasteiger partial charge in [0.25, 0.3) is 0 Å². The van der Waals surface area contributed by atoms with Gasteiger partial charge in [-0.05, 0) is 61.9 Å². The van der Waals surface area contributed by atoms with E-state index in [-0.39, 0.29) is 0 Å². The van der Waals surface area contributed by atoms with Crippen LogP contribution in [0.1, 0.15) is 35.6 Å². The molecule has 0 saturated heterocycles. The van der Waals surface area contributed by atoms with Crippen LogP contribution in [0.2, 0.25) is 0 Å². The second-order valence-corrected chi connectivity index (χ2v) is 5.85. The predicted octanol–water partition coefficient (Wildman–Crippen LogP) is 4.46. The molecule has 0 radical (unpaired) electrons. The van der Waals surface area contributed by atoms with Crippen LogP contribution < -0.4 is 5.32 Å². The topological polar surface area (TPSA) is 12.0 Å². The Morgan fingerprint density at radius 1 is 0.857 bits per heavy atom. The summed E-state index contributed by atoms with van der Waals surface area (Å²) in [7, 11) is 0. The van der Waals surface area contributed by atoms with Crippen LogP contribution in [0.4, 0.5) is 0 Å². The molecule has 0 aliphatic carbocycles. The van der Waals surface area contributed by atoms with Crippen molar-refractivity contribution >= 4 is 0 Å². The third-order valence-corrected chi connectivity index (χ3v) is 4.24. The molecule has 0 aromatic heterocycles. The van der Waals surface area contributed by atoms with Crippen LogP contribution in [0.3, 0.4) is 0 Å². The number of benzene rings is 2. The maximum atomic E-state index is 3.65. The van der Waals surface area contributed by atoms with Gasteiger partial charge in [-0.15, -0.1) is 0 Å². The Balaban J connectivity index is 1.99. The Kier molecular flexibility index (Phi) is 6.01. The van der Waals surface area contributed by atoms with Crippen molar-refractivity contribution in [1.29, 1.82) is 0 Å². The SMILES string of the molecule is CCNC(CCc1ccccc1C)Cc1ccccc1C. The first kappa shape index (κ1) is 15.8. The number of hydrogen-bond donors (Lipinski definition) is 1. The highest BCUT2D eigenvalue weighted by Gasteiger charge is 2.10. The molecule has 1 atom stereocenters. The second-order valence-electron chi connectivity index (χ2n) is 5.85. The minimum absolute atomic E-state index is 0.552. The molecule has 0 aliphatic heterocycles. The van der Waals surface area contributed by atoms with E-state index in [1.54, 1.807) is 0 Å². The minimum Gasteiger partial charge on any atom is -0.314 e. The number of likely N-dealkylation sites (N-methyl/N-ethyl adjacent to an activating group) is 1. The highest BCUT2D eigenvalue weighted by Crippen LogP contribution is 2.15. The monoisotopic (exact) mass is 281 g/mol. The summed E-state index contributed by atoms with van der Waals surface area (Å²) in [6.45, 7) is 7.64. The molecule has 0 amide bonds. The number of rotatable bonds is 7. The van der Waals surface area contributed by atoms with Gasteiger partial charge < -0.3 is 5.32 Å².